The van der Waals surface area contributed by atoms with Crippen LogP contribution in [0.25, 0.3) is 0 Å². The predicted molar refractivity (Wildman–Crippen MR) is 85.3 cm³/mol. The van der Waals surface area contributed by atoms with Crippen LogP contribution in [0.4, 0.5) is 5.82 Å². The van der Waals surface area contributed by atoms with Crippen LogP contribution in [0.3, 0.4) is 0 Å². The SMILES string of the molecule is CC(C)c1nc(Br)cc(N(C)Cc2ccc(Cl)s2)n1. The van der Waals surface area contributed by atoms with Crippen LogP contribution in [0.15, 0.2) is 22.8 Å². The van der Waals surface area contributed by atoms with Crippen LogP contribution in [0.5, 0.6) is 0 Å². The van der Waals surface area contributed by atoms with Gasteiger partial charge in [0, 0.05) is 23.9 Å². The van der Waals surface area contributed by atoms with E-state index in [1.807, 2.05) is 25.2 Å². The van der Waals surface area contributed by atoms with Gasteiger partial charge in [0.05, 0.1) is 10.9 Å². The van der Waals surface area contributed by atoms with Gasteiger partial charge in [0.25, 0.3) is 0 Å². The Kier molecular flexibility index (Phi) is 4.81. The highest BCUT2D eigenvalue weighted by molar-refractivity contribution is 9.10. The van der Waals surface area contributed by atoms with Crippen molar-refractivity contribution in [2.24, 2.45) is 0 Å². The van der Waals surface area contributed by atoms with Crippen LogP contribution >= 0.6 is 38.9 Å². The lowest BCUT2D eigenvalue weighted by Crippen LogP contribution is -2.18. The monoisotopic (exact) mass is 359 g/mol. The lowest BCUT2D eigenvalue weighted by molar-refractivity contribution is 0.758. The van der Waals surface area contributed by atoms with Gasteiger partial charge < -0.3 is 4.90 Å². The van der Waals surface area contributed by atoms with Crippen molar-refractivity contribution in [1.29, 1.82) is 0 Å². The summed E-state index contributed by atoms with van der Waals surface area (Å²) >= 11 is 11.0. The summed E-state index contributed by atoms with van der Waals surface area (Å²) in [6, 6.07) is 5.90. The smallest absolute Gasteiger partial charge is 0.134 e. The maximum absolute atomic E-state index is 5.95. The highest BCUT2D eigenvalue weighted by atomic mass is 79.9. The van der Waals surface area contributed by atoms with Crippen molar-refractivity contribution >= 4 is 44.7 Å². The van der Waals surface area contributed by atoms with Crippen molar-refractivity contribution < 1.29 is 0 Å². The first-order chi connectivity index (χ1) is 8.95. The van der Waals surface area contributed by atoms with Crippen molar-refractivity contribution in [1.82, 2.24) is 9.97 Å². The zero-order chi connectivity index (χ0) is 14.0. The van der Waals surface area contributed by atoms with Gasteiger partial charge in [-0.2, -0.15) is 0 Å². The summed E-state index contributed by atoms with van der Waals surface area (Å²) in [5.41, 5.74) is 0. The minimum atomic E-state index is 0.306. The molecule has 0 saturated heterocycles. The molecular weight excluding hydrogens is 346 g/mol. The maximum Gasteiger partial charge on any atom is 0.134 e. The average molecular weight is 361 g/mol. The van der Waals surface area contributed by atoms with Gasteiger partial charge in [-0.3, -0.25) is 0 Å². The molecule has 0 bridgehead atoms. The third-order valence-electron chi connectivity index (χ3n) is 2.63. The molecular formula is C13H15BrClN3S. The van der Waals surface area contributed by atoms with Gasteiger partial charge in [-0.25, -0.2) is 9.97 Å². The van der Waals surface area contributed by atoms with Gasteiger partial charge in [-0.15, -0.1) is 11.3 Å². The molecule has 0 fully saturated rings. The molecule has 6 heteroatoms. The van der Waals surface area contributed by atoms with Crippen molar-refractivity contribution in [3.8, 4) is 0 Å². The number of aromatic nitrogens is 2. The molecule has 0 aliphatic rings. The third-order valence-corrected chi connectivity index (χ3v) is 4.25. The molecule has 2 heterocycles. The topological polar surface area (TPSA) is 29.0 Å². The molecule has 0 spiro atoms. The second-order valence-corrected chi connectivity index (χ2v) is 7.24. The molecule has 0 aliphatic carbocycles. The molecule has 0 aliphatic heterocycles. The molecule has 19 heavy (non-hydrogen) atoms. The molecule has 102 valence electrons. The lowest BCUT2D eigenvalue weighted by Gasteiger charge is -2.18. The molecule has 3 nitrogen and oxygen atoms in total. The fourth-order valence-electron chi connectivity index (χ4n) is 1.63. The van der Waals surface area contributed by atoms with E-state index in [1.165, 1.54) is 4.88 Å². The normalized spacial score (nSPS) is 11.1. The number of halogens is 2. The molecule has 2 rings (SSSR count). The Hall–Kier alpha value is -0.650. The first-order valence-electron chi connectivity index (χ1n) is 5.95. The van der Waals surface area contributed by atoms with Crippen LogP contribution in [0.2, 0.25) is 4.34 Å². The molecule has 2 aromatic heterocycles. The number of thiophene rings is 1. The summed E-state index contributed by atoms with van der Waals surface area (Å²) < 4.78 is 1.63. The second-order valence-electron chi connectivity index (χ2n) is 4.62. The van der Waals surface area contributed by atoms with Crippen molar-refractivity contribution in [3.05, 3.63) is 37.8 Å². The Bertz CT molecular complexity index is 571. The number of hydrogen-bond donors (Lipinski definition) is 0. The maximum atomic E-state index is 5.95. The first kappa shape index (κ1) is 14.8. The minimum absolute atomic E-state index is 0.306. The summed E-state index contributed by atoms with van der Waals surface area (Å²) in [5, 5.41) is 0. The van der Waals surface area contributed by atoms with Crippen molar-refractivity contribution in [2.45, 2.75) is 26.3 Å². The highest BCUT2D eigenvalue weighted by Crippen LogP contribution is 2.25. The standard InChI is InChI=1S/C13H15BrClN3S/c1-8(2)13-16-10(14)6-12(17-13)18(3)7-9-4-5-11(15)19-9/h4-6,8H,7H2,1-3H3. The summed E-state index contributed by atoms with van der Waals surface area (Å²) in [4.78, 5) is 12.3. The van der Waals surface area contributed by atoms with Gasteiger partial charge >= 0.3 is 0 Å². The van der Waals surface area contributed by atoms with Crippen LogP contribution in [-0.4, -0.2) is 17.0 Å². The van der Waals surface area contributed by atoms with Gasteiger partial charge in [0.1, 0.15) is 16.2 Å². The molecule has 0 unspecified atom stereocenters. The zero-order valence-corrected chi connectivity index (χ0v) is 14.2. The van der Waals surface area contributed by atoms with Gasteiger partial charge in [-0.1, -0.05) is 25.4 Å². The van der Waals surface area contributed by atoms with Crippen LogP contribution in [0, 0.1) is 0 Å². The van der Waals surface area contributed by atoms with E-state index >= 15 is 0 Å². The molecule has 0 N–H and O–H groups in total. The van der Waals surface area contributed by atoms with Gasteiger partial charge in [0.15, 0.2) is 0 Å². The van der Waals surface area contributed by atoms with E-state index in [2.05, 4.69) is 44.6 Å². The predicted octanol–water partition coefficient (Wildman–Crippen LogP) is 4.71. The summed E-state index contributed by atoms with van der Waals surface area (Å²) in [5.74, 6) is 2.07. The molecule has 0 atom stereocenters. The lowest BCUT2D eigenvalue weighted by atomic mass is 10.2. The van der Waals surface area contributed by atoms with Crippen LogP contribution < -0.4 is 4.90 Å². The van der Waals surface area contributed by atoms with E-state index < -0.39 is 0 Å². The summed E-state index contributed by atoms with van der Waals surface area (Å²) in [7, 11) is 2.02. The molecule has 2 aromatic rings. The van der Waals surface area contributed by atoms with Gasteiger partial charge in [-0.05, 0) is 28.1 Å². The highest BCUT2D eigenvalue weighted by Gasteiger charge is 2.11. The summed E-state index contributed by atoms with van der Waals surface area (Å²) in [6.07, 6.45) is 0. The van der Waals surface area contributed by atoms with Crippen molar-refractivity contribution in [3.63, 3.8) is 0 Å². The van der Waals surface area contributed by atoms with E-state index in [-0.39, 0.29) is 0 Å². The van der Waals surface area contributed by atoms with Gasteiger partial charge in [0.2, 0.25) is 0 Å². The van der Waals surface area contributed by atoms with E-state index in [9.17, 15) is 0 Å². The fourth-order valence-corrected chi connectivity index (χ4v) is 3.16. The molecule has 0 amide bonds. The quantitative estimate of drug-likeness (QED) is 0.739. The number of hydrogen-bond acceptors (Lipinski definition) is 4. The van der Waals surface area contributed by atoms with Crippen LogP contribution in [-0.2, 0) is 6.54 Å². The molecule has 0 saturated carbocycles. The summed E-state index contributed by atoms with van der Waals surface area (Å²) in [6.45, 7) is 4.97. The fraction of sp³-hybridized carbons (Fsp3) is 0.385. The van der Waals surface area contributed by atoms with Crippen LogP contribution in [0.1, 0.15) is 30.5 Å². The van der Waals surface area contributed by atoms with E-state index in [4.69, 9.17) is 11.6 Å². The van der Waals surface area contributed by atoms with E-state index in [0.29, 0.717) is 5.92 Å². The largest absolute Gasteiger partial charge is 0.354 e. The zero-order valence-electron chi connectivity index (χ0n) is 11.0. The van der Waals surface area contributed by atoms with E-state index in [1.54, 1.807) is 11.3 Å². The first-order valence-corrected chi connectivity index (χ1v) is 7.94. The molecule has 0 aromatic carbocycles. The number of nitrogens with zero attached hydrogens (tertiary/aromatic N) is 3. The Morgan fingerprint density at radius 2 is 2.11 bits per heavy atom. The Morgan fingerprint density at radius 3 is 2.68 bits per heavy atom. The Balaban J connectivity index is 2.20. The minimum Gasteiger partial charge on any atom is -0.354 e. The van der Waals surface area contributed by atoms with Crippen molar-refractivity contribution in [2.75, 3.05) is 11.9 Å². The second kappa shape index (κ2) is 6.20. The Labute approximate surface area is 130 Å². The number of rotatable bonds is 4. The third kappa shape index (κ3) is 3.91. The van der Waals surface area contributed by atoms with E-state index in [0.717, 1.165) is 27.1 Å². The Morgan fingerprint density at radius 1 is 1.37 bits per heavy atom. The number of anilines is 1. The molecule has 0 radical (unpaired) electrons. The average Bonchev–Trinajstić information content (AvgIpc) is 2.73.